The van der Waals surface area contributed by atoms with Crippen molar-refractivity contribution in [2.45, 2.75) is 0 Å². The van der Waals surface area contributed by atoms with Crippen molar-refractivity contribution in [3.63, 3.8) is 0 Å². The zero-order chi connectivity index (χ0) is 13.0. The second-order valence-corrected chi connectivity index (χ2v) is 3.66. The zero-order valence-electron chi connectivity index (χ0n) is 9.88. The van der Waals surface area contributed by atoms with E-state index in [1.165, 1.54) is 6.20 Å². The van der Waals surface area contributed by atoms with Crippen LogP contribution in [0.5, 0.6) is 11.5 Å². The van der Waals surface area contributed by atoms with Gasteiger partial charge in [-0.1, -0.05) is 0 Å². The fraction of sp³-hybridized carbons (Fsp3) is 0.0769. The zero-order valence-corrected chi connectivity index (χ0v) is 9.88. The molecule has 0 aliphatic heterocycles. The van der Waals surface area contributed by atoms with Gasteiger partial charge >= 0.3 is 0 Å². The number of carbonyl (C=O) groups is 1. The first kappa shape index (κ1) is 11.9. The summed E-state index contributed by atoms with van der Waals surface area (Å²) in [6, 6.07) is 8.61. The molecule has 0 atom stereocenters. The lowest BCUT2D eigenvalue weighted by atomic mass is 10.2. The lowest BCUT2D eigenvalue weighted by Crippen LogP contribution is -2.17. The Hall–Kier alpha value is -2.56. The highest BCUT2D eigenvalue weighted by molar-refractivity contribution is 5.93. The van der Waals surface area contributed by atoms with E-state index in [1.807, 2.05) is 0 Å². The van der Waals surface area contributed by atoms with E-state index in [0.29, 0.717) is 22.7 Å². The molecule has 1 amide bonds. The fourth-order valence-electron chi connectivity index (χ4n) is 1.42. The van der Waals surface area contributed by atoms with Crippen LogP contribution in [0.1, 0.15) is 10.4 Å². The molecular formula is C13H13N3O2. The summed E-state index contributed by atoms with van der Waals surface area (Å²) in [4.78, 5) is 15.4. The summed E-state index contributed by atoms with van der Waals surface area (Å²) < 4.78 is 5.57. The molecule has 2 rings (SSSR count). The smallest absolute Gasteiger partial charge is 0.252 e. The minimum absolute atomic E-state index is 0.203. The molecule has 0 unspecified atom stereocenters. The van der Waals surface area contributed by atoms with E-state index in [9.17, 15) is 4.79 Å². The molecule has 1 heterocycles. The Morgan fingerprint density at radius 3 is 2.61 bits per heavy atom. The van der Waals surface area contributed by atoms with Gasteiger partial charge in [0.15, 0.2) is 0 Å². The fourth-order valence-corrected chi connectivity index (χ4v) is 1.42. The predicted octanol–water partition coefficient (Wildman–Crippen LogP) is 1.82. The number of benzene rings is 1. The van der Waals surface area contributed by atoms with Gasteiger partial charge in [0.2, 0.25) is 0 Å². The van der Waals surface area contributed by atoms with Crippen molar-refractivity contribution in [2.24, 2.45) is 0 Å². The largest absolute Gasteiger partial charge is 0.456 e. The van der Waals surface area contributed by atoms with Gasteiger partial charge in [-0.3, -0.25) is 9.78 Å². The van der Waals surface area contributed by atoms with E-state index in [0.717, 1.165) is 0 Å². The first-order valence-electron chi connectivity index (χ1n) is 5.39. The van der Waals surface area contributed by atoms with Gasteiger partial charge in [0.1, 0.15) is 11.5 Å². The van der Waals surface area contributed by atoms with Gasteiger partial charge in [-0.2, -0.15) is 0 Å². The summed E-state index contributed by atoms with van der Waals surface area (Å²) in [5.74, 6) is 0.936. The van der Waals surface area contributed by atoms with E-state index >= 15 is 0 Å². The Bertz CT molecular complexity index is 552. The molecule has 18 heavy (non-hydrogen) atoms. The first-order valence-corrected chi connectivity index (χ1v) is 5.39. The van der Waals surface area contributed by atoms with Crippen LogP contribution in [0.4, 0.5) is 5.69 Å². The van der Waals surface area contributed by atoms with E-state index < -0.39 is 0 Å². The molecule has 5 nitrogen and oxygen atoms in total. The average molecular weight is 243 g/mol. The molecule has 0 fully saturated rings. The van der Waals surface area contributed by atoms with Gasteiger partial charge in [-0.05, 0) is 30.3 Å². The highest BCUT2D eigenvalue weighted by atomic mass is 16.5. The summed E-state index contributed by atoms with van der Waals surface area (Å²) in [6.45, 7) is 0. The van der Waals surface area contributed by atoms with Gasteiger partial charge in [0, 0.05) is 18.9 Å². The molecule has 1 aromatic carbocycles. The number of hydrogen-bond acceptors (Lipinski definition) is 4. The number of pyridine rings is 1. The van der Waals surface area contributed by atoms with Crippen LogP contribution in [0.25, 0.3) is 0 Å². The molecule has 1 aromatic heterocycles. The van der Waals surface area contributed by atoms with Crippen LogP contribution in [0.2, 0.25) is 0 Å². The number of rotatable bonds is 3. The van der Waals surface area contributed by atoms with Crippen molar-refractivity contribution in [2.75, 3.05) is 12.8 Å². The number of ether oxygens (including phenoxy) is 1. The molecule has 92 valence electrons. The second kappa shape index (κ2) is 5.18. The first-order chi connectivity index (χ1) is 8.69. The third-order valence-electron chi connectivity index (χ3n) is 2.32. The van der Waals surface area contributed by atoms with Crippen molar-refractivity contribution in [1.82, 2.24) is 10.3 Å². The Morgan fingerprint density at radius 2 is 1.94 bits per heavy atom. The minimum Gasteiger partial charge on any atom is -0.456 e. The maximum absolute atomic E-state index is 11.4. The Morgan fingerprint density at radius 1 is 1.22 bits per heavy atom. The lowest BCUT2D eigenvalue weighted by molar-refractivity contribution is 0.0962. The molecule has 0 saturated heterocycles. The van der Waals surface area contributed by atoms with Crippen LogP contribution in [-0.4, -0.2) is 17.9 Å². The topological polar surface area (TPSA) is 77.2 Å². The maximum Gasteiger partial charge on any atom is 0.252 e. The number of nitrogens with zero attached hydrogens (tertiary/aromatic N) is 1. The number of amides is 1. The maximum atomic E-state index is 11.4. The summed E-state index contributed by atoms with van der Waals surface area (Å²) >= 11 is 0. The predicted molar refractivity (Wildman–Crippen MR) is 68.6 cm³/mol. The summed E-state index contributed by atoms with van der Waals surface area (Å²) in [6.07, 6.45) is 3.03. The monoisotopic (exact) mass is 243 g/mol. The van der Waals surface area contributed by atoms with Gasteiger partial charge in [0.25, 0.3) is 5.91 Å². The lowest BCUT2D eigenvalue weighted by Gasteiger charge is -2.06. The van der Waals surface area contributed by atoms with Crippen molar-refractivity contribution >= 4 is 11.6 Å². The van der Waals surface area contributed by atoms with Crippen molar-refractivity contribution in [3.05, 3.63) is 48.3 Å². The second-order valence-electron chi connectivity index (χ2n) is 3.66. The molecule has 0 aliphatic carbocycles. The molecule has 0 spiro atoms. The SMILES string of the molecule is CNC(=O)c1cncc(Oc2ccc(N)cc2)c1. The number of aromatic nitrogens is 1. The summed E-state index contributed by atoms with van der Waals surface area (Å²) in [5.41, 5.74) is 6.70. The quantitative estimate of drug-likeness (QED) is 0.806. The van der Waals surface area contributed by atoms with Gasteiger partial charge < -0.3 is 15.8 Å². The van der Waals surface area contributed by atoms with Gasteiger partial charge in [0.05, 0.1) is 11.8 Å². The third-order valence-corrected chi connectivity index (χ3v) is 2.32. The molecule has 2 aromatic rings. The Balaban J connectivity index is 2.19. The summed E-state index contributed by atoms with van der Waals surface area (Å²) in [5, 5.41) is 2.53. The van der Waals surface area contributed by atoms with Crippen LogP contribution in [0, 0.1) is 0 Å². The number of nitrogens with one attached hydrogen (secondary N) is 1. The Kier molecular flexibility index (Phi) is 3.43. The molecule has 0 radical (unpaired) electrons. The van der Waals surface area contributed by atoms with E-state index in [2.05, 4.69) is 10.3 Å². The molecule has 0 saturated carbocycles. The van der Waals surface area contributed by atoms with Crippen LogP contribution in [0.3, 0.4) is 0 Å². The van der Waals surface area contributed by atoms with Crippen molar-refractivity contribution < 1.29 is 9.53 Å². The standard InChI is InChI=1S/C13H13N3O2/c1-15-13(17)9-6-12(8-16-7-9)18-11-4-2-10(14)3-5-11/h2-8H,14H2,1H3,(H,15,17). The number of hydrogen-bond donors (Lipinski definition) is 2. The van der Waals surface area contributed by atoms with E-state index in [-0.39, 0.29) is 5.91 Å². The number of nitrogens with two attached hydrogens (primary N) is 1. The van der Waals surface area contributed by atoms with E-state index in [1.54, 1.807) is 43.6 Å². The molecule has 0 bridgehead atoms. The number of carbonyl (C=O) groups excluding carboxylic acids is 1. The van der Waals surface area contributed by atoms with Crippen LogP contribution >= 0.6 is 0 Å². The van der Waals surface area contributed by atoms with E-state index in [4.69, 9.17) is 10.5 Å². The van der Waals surface area contributed by atoms with Crippen molar-refractivity contribution in [1.29, 1.82) is 0 Å². The number of nitrogen functional groups attached to an aromatic ring is 1. The molecule has 5 heteroatoms. The minimum atomic E-state index is -0.203. The van der Waals surface area contributed by atoms with Gasteiger partial charge in [-0.15, -0.1) is 0 Å². The third kappa shape index (κ3) is 2.76. The van der Waals surface area contributed by atoms with Crippen LogP contribution < -0.4 is 15.8 Å². The molecule has 0 aliphatic rings. The summed E-state index contributed by atoms with van der Waals surface area (Å²) in [7, 11) is 1.57. The van der Waals surface area contributed by atoms with Crippen LogP contribution in [0.15, 0.2) is 42.7 Å². The van der Waals surface area contributed by atoms with Crippen LogP contribution in [-0.2, 0) is 0 Å². The molecule has 3 N–H and O–H groups in total. The van der Waals surface area contributed by atoms with Gasteiger partial charge in [-0.25, -0.2) is 0 Å². The Labute approximate surface area is 105 Å². The average Bonchev–Trinajstić information content (AvgIpc) is 2.41. The highest BCUT2D eigenvalue weighted by Gasteiger charge is 2.05. The van der Waals surface area contributed by atoms with Crippen molar-refractivity contribution in [3.8, 4) is 11.5 Å². The highest BCUT2D eigenvalue weighted by Crippen LogP contribution is 2.22. The normalized spacial score (nSPS) is 9.83. The number of anilines is 1. The molecular weight excluding hydrogens is 230 g/mol.